The quantitative estimate of drug-likeness (QED) is 0.770. The van der Waals surface area contributed by atoms with Gasteiger partial charge in [0.25, 0.3) is 0 Å². The number of carbonyl (C=O) groups excluding carboxylic acids is 1. The fourth-order valence-corrected chi connectivity index (χ4v) is 3.48. The lowest BCUT2D eigenvalue weighted by molar-refractivity contribution is 0.0964. The van der Waals surface area contributed by atoms with Gasteiger partial charge in [-0.05, 0) is 29.8 Å². The van der Waals surface area contributed by atoms with Gasteiger partial charge in [-0.15, -0.1) is 11.8 Å². The minimum Gasteiger partial charge on any atom is -0.293 e. The van der Waals surface area contributed by atoms with E-state index in [0.29, 0.717) is 5.75 Å². The Morgan fingerprint density at radius 1 is 1.16 bits per heavy atom. The highest BCUT2D eigenvalue weighted by Gasteiger charge is 2.31. The molecule has 1 heterocycles. The average Bonchev–Trinajstić information content (AvgIpc) is 2.84. The van der Waals surface area contributed by atoms with Crippen molar-refractivity contribution < 1.29 is 13.6 Å². The van der Waals surface area contributed by atoms with Crippen LogP contribution in [0.25, 0.3) is 0 Å². The number of carbonyl (C=O) groups is 1. The van der Waals surface area contributed by atoms with E-state index in [1.54, 1.807) is 11.8 Å². The van der Waals surface area contributed by atoms with Crippen molar-refractivity contribution in [2.45, 2.75) is 10.8 Å². The van der Waals surface area contributed by atoms with Crippen molar-refractivity contribution in [3.8, 4) is 0 Å². The lowest BCUT2D eigenvalue weighted by atomic mass is 9.92. The number of hydrogen-bond donors (Lipinski definition) is 0. The first kappa shape index (κ1) is 12.4. The molecular formula is C15H10F2OS. The molecule has 1 aliphatic heterocycles. The number of benzene rings is 2. The van der Waals surface area contributed by atoms with Gasteiger partial charge in [-0.1, -0.05) is 18.2 Å². The Kier molecular flexibility index (Phi) is 3.11. The summed E-state index contributed by atoms with van der Waals surface area (Å²) in [6.07, 6.45) is 0. The van der Waals surface area contributed by atoms with Crippen LogP contribution in [-0.4, -0.2) is 11.5 Å². The van der Waals surface area contributed by atoms with E-state index >= 15 is 0 Å². The summed E-state index contributed by atoms with van der Waals surface area (Å²) in [5.74, 6) is -1.43. The molecule has 96 valence electrons. The van der Waals surface area contributed by atoms with Gasteiger partial charge in [0, 0.05) is 10.6 Å². The van der Waals surface area contributed by atoms with Crippen molar-refractivity contribution in [1.29, 1.82) is 0 Å². The fraction of sp³-hybridized carbons (Fsp3) is 0.133. The molecule has 2 aromatic carbocycles. The van der Waals surface area contributed by atoms with Gasteiger partial charge in [0.15, 0.2) is 5.78 Å². The molecule has 0 bridgehead atoms. The molecule has 0 amide bonds. The predicted octanol–water partition coefficient (Wildman–Crippen LogP) is 4.04. The van der Waals surface area contributed by atoms with Crippen LogP contribution < -0.4 is 0 Å². The maximum absolute atomic E-state index is 13.7. The first-order valence-electron chi connectivity index (χ1n) is 5.88. The SMILES string of the molecule is O=C(c1cc(F)ccc1F)C1CSc2ccccc21. The molecule has 0 N–H and O–H groups in total. The maximum atomic E-state index is 13.7. The molecule has 1 atom stereocenters. The van der Waals surface area contributed by atoms with Gasteiger partial charge in [0.05, 0.1) is 11.5 Å². The van der Waals surface area contributed by atoms with Gasteiger partial charge >= 0.3 is 0 Å². The Balaban J connectivity index is 2.00. The maximum Gasteiger partial charge on any atom is 0.174 e. The highest BCUT2D eigenvalue weighted by atomic mass is 32.2. The molecule has 0 spiro atoms. The third kappa shape index (κ3) is 2.16. The minimum absolute atomic E-state index is 0.165. The smallest absolute Gasteiger partial charge is 0.174 e. The standard InChI is InChI=1S/C15H10F2OS/c16-9-5-6-13(17)11(7-9)15(18)12-8-19-14-4-2-1-3-10(12)14/h1-7,12H,8H2. The largest absolute Gasteiger partial charge is 0.293 e. The van der Waals surface area contributed by atoms with E-state index in [0.717, 1.165) is 28.7 Å². The molecule has 19 heavy (non-hydrogen) atoms. The predicted molar refractivity (Wildman–Crippen MR) is 70.6 cm³/mol. The van der Waals surface area contributed by atoms with Crippen molar-refractivity contribution in [2.75, 3.05) is 5.75 Å². The van der Waals surface area contributed by atoms with E-state index in [1.807, 2.05) is 24.3 Å². The number of fused-ring (bicyclic) bond motifs is 1. The molecule has 0 aliphatic carbocycles. The molecule has 4 heteroatoms. The normalized spacial score (nSPS) is 17.3. The number of thioether (sulfide) groups is 1. The van der Waals surface area contributed by atoms with Gasteiger partial charge in [0.2, 0.25) is 0 Å². The van der Waals surface area contributed by atoms with E-state index in [9.17, 15) is 13.6 Å². The zero-order valence-electron chi connectivity index (χ0n) is 9.90. The lowest BCUT2D eigenvalue weighted by Crippen LogP contribution is -2.14. The summed E-state index contributed by atoms with van der Waals surface area (Å²) >= 11 is 1.57. The molecule has 0 aromatic heterocycles. The summed E-state index contributed by atoms with van der Waals surface area (Å²) < 4.78 is 26.8. The van der Waals surface area contributed by atoms with Crippen LogP contribution in [0.3, 0.4) is 0 Å². The van der Waals surface area contributed by atoms with Crippen molar-refractivity contribution in [3.63, 3.8) is 0 Å². The van der Waals surface area contributed by atoms with Crippen molar-refractivity contribution in [2.24, 2.45) is 0 Å². The summed E-state index contributed by atoms with van der Waals surface area (Å²) in [5, 5.41) is 0. The van der Waals surface area contributed by atoms with Crippen molar-refractivity contribution in [1.82, 2.24) is 0 Å². The third-order valence-electron chi connectivity index (χ3n) is 3.21. The van der Waals surface area contributed by atoms with Crippen molar-refractivity contribution >= 4 is 17.5 Å². The first-order valence-corrected chi connectivity index (χ1v) is 6.86. The second-order valence-corrected chi connectivity index (χ2v) is 5.45. The van der Waals surface area contributed by atoms with E-state index in [2.05, 4.69) is 0 Å². The van der Waals surface area contributed by atoms with Crippen LogP contribution in [0.5, 0.6) is 0 Å². The second kappa shape index (κ2) is 4.78. The van der Waals surface area contributed by atoms with Gasteiger partial charge in [-0.25, -0.2) is 8.78 Å². The first-order chi connectivity index (χ1) is 9.16. The van der Waals surface area contributed by atoms with Gasteiger partial charge in [-0.3, -0.25) is 4.79 Å². The van der Waals surface area contributed by atoms with Crippen LogP contribution in [0.15, 0.2) is 47.4 Å². The highest BCUT2D eigenvalue weighted by Crippen LogP contribution is 2.41. The Morgan fingerprint density at radius 2 is 1.95 bits per heavy atom. The van der Waals surface area contributed by atoms with Crippen LogP contribution >= 0.6 is 11.8 Å². The summed E-state index contributed by atoms with van der Waals surface area (Å²) in [7, 11) is 0. The molecule has 2 aromatic rings. The van der Waals surface area contributed by atoms with Gasteiger partial charge in [0.1, 0.15) is 11.6 Å². The second-order valence-electron chi connectivity index (χ2n) is 4.39. The number of halogens is 2. The Hall–Kier alpha value is -1.68. The Labute approximate surface area is 113 Å². The summed E-state index contributed by atoms with van der Waals surface area (Å²) in [4.78, 5) is 13.4. The Bertz CT molecular complexity index is 654. The zero-order chi connectivity index (χ0) is 13.4. The van der Waals surface area contributed by atoms with E-state index in [4.69, 9.17) is 0 Å². The molecule has 0 saturated carbocycles. The van der Waals surface area contributed by atoms with Crippen molar-refractivity contribution in [3.05, 3.63) is 65.2 Å². The van der Waals surface area contributed by atoms with Crippen LogP contribution in [0.2, 0.25) is 0 Å². The number of rotatable bonds is 2. The van der Waals surface area contributed by atoms with Gasteiger partial charge in [-0.2, -0.15) is 0 Å². The minimum atomic E-state index is -0.666. The van der Waals surface area contributed by atoms with Gasteiger partial charge < -0.3 is 0 Å². The molecule has 0 radical (unpaired) electrons. The van der Waals surface area contributed by atoms with Crippen LogP contribution in [-0.2, 0) is 0 Å². The molecular weight excluding hydrogens is 266 g/mol. The summed E-state index contributed by atoms with van der Waals surface area (Å²) in [6.45, 7) is 0. The highest BCUT2D eigenvalue weighted by molar-refractivity contribution is 7.99. The monoisotopic (exact) mass is 276 g/mol. The molecule has 3 rings (SSSR count). The van der Waals surface area contributed by atoms with Crippen LogP contribution in [0.4, 0.5) is 8.78 Å². The van der Waals surface area contributed by atoms with E-state index in [-0.39, 0.29) is 11.3 Å². The van der Waals surface area contributed by atoms with Crippen LogP contribution in [0, 0.1) is 11.6 Å². The van der Waals surface area contributed by atoms with E-state index in [1.165, 1.54) is 0 Å². The summed E-state index contributed by atoms with van der Waals surface area (Å²) in [6, 6.07) is 10.6. The molecule has 0 saturated heterocycles. The number of Topliss-reactive ketones (excluding diaryl/α,β-unsaturated/α-hetero) is 1. The number of hydrogen-bond acceptors (Lipinski definition) is 2. The number of ketones is 1. The van der Waals surface area contributed by atoms with Crippen LogP contribution in [0.1, 0.15) is 21.8 Å². The molecule has 0 fully saturated rings. The lowest BCUT2D eigenvalue weighted by Gasteiger charge is -2.10. The average molecular weight is 276 g/mol. The topological polar surface area (TPSA) is 17.1 Å². The molecule has 1 nitrogen and oxygen atoms in total. The zero-order valence-corrected chi connectivity index (χ0v) is 10.7. The third-order valence-corrected chi connectivity index (χ3v) is 4.39. The fourth-order valence-electron chi connectivity index (χ4n) is 2.25. The molecule has 1 unspecified atom stereocenters. The molecule has 1 aliphatic rings. The Morgan fingerprint density at radius 3 is 2.79 bits per heavy atom. The summed E-state index contributed by atoms with van der Waals surface area (Å²) in [5.41, 5.74) is 0.739. The van der Waals surface area contributed by atoms with E-state index < -0.39 is 17.6 Å².